The number of carbonyl (C=O) groups excluding carboxylic acids is 2. The Hall–Kier alpha value is -2.35. The Balaban J connectivity index is 2.75. The summed E-state index contributed by atoms with van der Waals surface area (Å²) >= 11 is 5.81. The number of hydrogen-bond acceptors (Lipinski definition) is 5. The molecule has 0 aliphatic rings. The quantitative estimate of drug-likeness (QED) is 0.646. The first-order valence-electron chi connectivity index (χ1n) is 5.48. The van der Waals surface area contributed by atoms with Gasteiger partial charge in [-0.3, -0.25) is 20.2 Å². The van der Waals surface area contributed by atoms with E-state index in [0.29, 0.717) is 0 Å². The van der Waals surface area contributed by atoms with E-state index in [2.05, 4.69) is 5.32 Å². The Bertz CT molecular complexity index is 549. The first-order chi connectivity index (χ1) is 9.35. The minimum absolute atomic E-state index is 0.00112. The fourth-order valence-corrected chi connectivity index (χ4v) is 1.44. The van der Waals surface area contributed by atoms with Crippen molar-refractivity contribution in [3.63, 3.8) is 0 Å². The van der Waals surface area contributed by atoms with Crippen LogP contribution in [0.3, 0.4) is 0 Å². The zero-order chi connectivity index (χ0) is 15.3. The molecule has 0 radical (unpaired) electrons. The molecule has 1 atom stereocenters. The molecule has 0 saturated heterocycles. The molecule has 2 N–H and O–H groups in total. The molecule has 0 heterocycles. The van der Waals surface area contributed by atoms with Crippen molar-refractivity contribution in [1.29, 1.82) is 0 Å². The highest BCUT2D eigenvalue weighted by Gasteiger charge is 2.19. The molecule has 108 valence electrons. The number of benzene rings is 1. The highest BCUT2D eigenvalue weighted by Crippen LogP contribution is 2.29. The Morgan fingerprint density at radius 3 is 2.60 bits per heavy atom. The Morgan fingerprint density at radius 1 is 1.45 bits per heavy atom. The largest absolute Gasteiger partial charge is 0.479 e. The molecule has 0 spiro atoms. The zero-order valence-electron chi connectivity index (χ0n) is 10.7. The van der Waals surface area contributed by atoms with Crippen molar-refractivity contribution in [1.82, 2.24) is 10.6 Å². The second-order valence-electron chi connectivity index (χ2n) is 3.70. The molecule has 0 aromatic heterocycles. The zero-order valence-corrected chi connectivity index (χ0v) is 11.4. The van der Waals surface area contributed by atoms with Gasteiger partial charge < -0.3 is 10.1 Å². The highest BCUT2D eigenvalue weighted by atomic mass is 35.5. The number of amides is 3. The summed E-state index contributed by atoms with van der Waals surface area (Å²) in [6.45, 7) is 1.41. The summed E-state index contributed by atoms with van der Waals surface area (Å²) < 4.78 is 5.24. The van der Waals surface area contributed by atoms with Gasteiger partial charge in [-0.25, -0.2) is 4.79 Å². The van der Waals surface area contributed by atoms with Crippen molar-refractivity contribution in [3.8, 4) is 5.75 Å². The lowest BCUT2D eigenvalue weighted by atomic mass is 10.3. The number of imide groups is 1. The molecule has 8 nitrogen and oxygen atoms in total. The van der Waals surface area contributed by atoms with Crippen molar-refractivity contribution in [2.75, 3.05) is 7.05 Å². The number of urea groups is 1. The van der Waals surface area contributed by atoms with Crippen LogP contribution in [0.25, 0.3) is 0 Å². The monoisotopic (exact) mass is 301 g/mol. The number of nitrogens with zero attached hydrogens (tertiary/aromatic N) is 1. The van der Waals surface area contributed by atoms with Gasteiger partial charge in [0.05, 0.1) is 9.95 Å². The smallest absolute Gasteiger partial charge is 0.321 e. The molecular weight excluding hydrogens is 290 g/mol. The molecule has 0 bridgehead atoms. The van der Waals surface area contributed by atoms with Crippen molar-refractivity contribution < 1.29 is 19.2 Å². The summed E-state index contributed by atoms with van der Waals surface area (Å²) in [5.41, 5.74) is -0.190. The summed E-state index contributed by atoms with van der Waals surface area (Å²) in [5, 5.41) is 14.8. The first kappa shape index (κ1) is 15.7. The molecule has 1 aromatic rings. The molecule has 1 rings (SSSR count). The third kappa shape index (κ3) is 4.09. The van der Waals surface area contributed by atoms with Gasteiger partial charge in [-0.15, -0.1) is 0 Å². The lowest BCUT2D eigenvalue weighted by Crippen LogP contribution is -2.43. The summed E-state index contributed by atoms with van der Waals surface area (Å²) in [4.78, 5) is 32.5. The minimum atomic E-state index is -0.994. The standard InChI is InChI=1S/C11H12ClN3O5/c1-6(10(16)14-11(17)13-2)20-9-4-3-7(15(18)19)5-8(9)12/h3-6H,1-2H3,(H2,13,14,16,17)/t6-/m0/s1. The number of hydrogen-bond donors (Lipinski definition) is 2. The number of nitro benzene ring substituents is 1. The summed E-state index contributed by atoms with van der Waals surface area (Å²) in [6, 6.07) is 2.93. The molecular formula is C11H12ClN3O5. The number of non-ortho nitro benzene ring substituents is 1. The van der Waals surface area contributed by atoms with Gasteiger partial charge in [0.25, 0.3) is 11.6 Å². The van der Waals surface area contributed by atoms with Crippen LogP contribution < -0.4 is 15.4 Å². The Labute approximate surface area is 119 Å². The average molecular weight is 302 g/mol. The van der Waals surface area contributed by atoms with E-state index in [0.717, 1.165) is 6.07 Å². The molecule has 1 aromatic carbocycles. The molecule has 20 heavy (non-hydrogen) atoms. The summed E-state index contributed by atoms with van der Waals surface area (Å²) in [5.74, 6) is -0.560. The number of carbonyl (C=O) groups is 2. The maximum absolute atomic E-state index is 11.6. The molecule has 0 aliphatic carbocycles. The van der Waals surface area contributed by atoms with Crippen LogP contribution in [0.4, 0.5) is 10.5 Å². The minimum Gasteiger partial charge on any atom is -0.479 e. The van der Waals surface area contributed by atoms with Crippen LogP contribution in [-0.4, -0.2) is 30.0 Å². The topological polar surface area (TPSA) is 111 Å². The SMILES string of the molecule is CNC(=O)NC(=O)[C@H](C)Oc1ccc([N+](=O)[O-])cc1Cl. The van der Waals surface area contributed by atoms with Crippen molar-refractivity contribution in [2.45, 2.75) is 13.0 Å². The number of halogens is 1. The average Bonchev–Trinajstić information content (AvgIpc) is 2.40. The van der Waals surface area contributed by atoms with E-state index in [-0.39, 0.29) is 16.5 Å². The van der Waals surface area contributed by atoms with Crippen LogP contribution in [0, 0.1) is 10.1 Å². The van der Waals surface area contributed by atoms with Crippen molar-refractivity contribution in [3.05, 3.63) is 33.3 Å². The van der Waals surface area contributed by atoms with Crippen LogP contribution >= 0.6 is 11.6 Å². The number of nitrogens with one attached hydrogen (secondary N) is 2. The molecule has 0 saturated carbocycles. The van der Waals surface area contributed by atoms with Crippen molar-refractivity contribution in [2.24, 2.45) is 0 Å². The van der Waals surface area contributed by atoms with Crippen LogP contribution in [-0.2, 0) is 4.79 Å². The number of nitro groups is 1. The third-order valence-electron chi connectivity index (χ3n) is 2.26. The third-order valence-corrected chi connectivity index (χ3v) is 2.56. The summed E-state index contributed by atoms with van der Waals surface area (Å²) in [6.07, 6.45) is -0.994. The van der Waals surface area contributed by atoms with Gasteiger partial charge in [0, 0.05) is 19.2 Å². The molecule has 9 heteroatoms. The second-order valence-corrected chi connectivity index (χ2v) is 4.11. The van der Waals surface area contributed by atoms with E-state index in [4.69, 9.17) is 16.3 Å². The van der Waals surface area contributed by atoms with Crippen LogP contribution in [0.15, 0.2) is 18.2 Å². The van der Waals surface area contributed by atoms with E-state index in [1.54, 1.807) is 0 Å². The maximum Gasteiger partial charge on any atom is 0.321 e. The fourth-order valence-electron chi connectivity index (χ4n) is 1.22. The van der Waals surface area contributed by atoms with Gasteiger partial charge in [-0.2, -0.15) is 0 Å². The van der Waals surface area contributed by atoms with Gasteiger partial charge >= 0.3 is 6.03 Å². The molecule has 0 unspecified atom stereocenters. The van der Waals surface area contributed by atoms with E-state index < -0.39 is 23.0 Å². The lowest BCUT2D eigenvalue weighted by molar-refractivity contribution is -0.384. The van der Waals surface area contributed by atoms with Gasteiger partial charge in [-0.1, -0.05) is 11.6 Å². The van der Waals surface area contributed by atoms with E-state index in [1.807, 2.05) is 5.32 Å². The highest BCUT2D eigenvalue weighted by molar-refractivity contribution is 6.32. The van der Waals surface area contributed by atoms with Gasteiger partial charge in [0.2, 0.25) is 0 Å². The predicted molar refractivity (Wildman–Crippen MR) is 70.8 cm³/mol. The van der Waals surface area contributed by atoms with E-state index >= 15 is 0 Å². The fraction of sp³-hybridized carbons (Fsp3) is 0.273. The van der Waals surface area contributed by atoms with Gasteiger partial charge in [0.1, 0.15) is 5.75 Å². The van der Waals surface area contributed by atoms with Gasteiger partial charge in [-0.05, 0) is 13.0 Å². The normalized spacial score (nSPS) is 11.3. The van der Waals surface area contributed by atoms with E-state index in [9.17, 15) is 19.7 Å². The lowest BCUT2D eigenvalue weighted by Gasteiger charge is -2.14. The molecule has 3 amide bonds. The Kier molecular flexibility index (Phi) is 5.27. The molecule has 0 aliphatic heterocycles. The maximum atomic E-state index is 11.6. The number of ether oxygens (including phenoxy) is 1. The van der Waals surface area contributed by atoms with E-state index in [1.165, 1.54) is 26.1 Å². The Morgan fingerprint density at radius 2 is 2.10 bits per heavy atom. The van der Waals surface area contributed by atoms with Crippen LogP contribution in [0.2, 0.25) is 5.02 Å². The van der Waals surface area contributed by atoms with Gasteiger partial charge in [0.15, 0.2) is 6.10 Å². The molecule has 0 fully saturated rings. The first-order valence-corrected chi connectivity index (χ1v) is 5.86. The van der Waals surface area contributed by atoms with Crippen LogP contribution in [0.1, 0.15) is 6.92 Å². The van der Waals surface area contributed by atoms with Crippen molar-refractivity contribution >= 4 is 29.2 Å². The second kappa shape index (κ2) is 6.71. The van der Waals surface area contributed by atoms with Crippen LogP contribution in [0.5, 0.6) is 5.75 Å². The summed E-state index contributed by atoms with van der Waals surface area (Å²) in [7, 11) is 1.36. The predicted octanol–water partition coefficient (Wildman–Crippen LogP) is 1.47. The number of rotatable bonds is 4.